The molecule has 1 saturated heterocycles. The van der Waals surface area contributed by atoms with Crippen molar-refractivity contribution in [1.29, 1.82) is 5.26 Å². The van der Waals surface area contributed by atoms with Crippen LogP contribution >= 0.6 is 0 Å². The molecule has 0 aromatic heterocycles. The van der Waals surface area contributed by atoms with Gasteiger partial charge in [0.25, 0.3) is 0 Å². The number of halogens is 2. The van der Waals surface area contributed by atoms with Gasteiger partial charge in [0.05, 0.1) is 11.1 Å². The molecule has 0 unspecified atom stereocenters. The highest BCUT2D eigenvalue weighted by Gasteiger charge is 2.19. The summed E-state index contributed by atoms with van der Waals surface area (Å²) < 4.78 is 26.4. The molecule has 1 heterocycles. The van der Waals surface area contributed by atoms with E-state index in [1.54, 1.807) is 18.2 Å². The zero-order valence-corrected chi connectivity index (χ0v) is 20.2. The molecular formula is C28H32F2N6. The van der Waals surface area contributed by atoms with Crippen LogP contribution in [0.1, 0.15) is 36.0 Å². The van der Waals surface area contributed by atoms with Crippen molar-refractivity contribution in [3.8, 4) is 6.07 Å². The third-order valence-corrected chi connectivity index (χ3v) is 6.16. The summed E-state index contributed by atoms with van der Waals surface area (Å²) in [4.78, 5) is 6.87. The molecule has 6 nitrogen and oxygen atoms in total. The number of likely N-dealkylation sites (tertiary alicyclic amines) is 1. The molecule has 8 heteroatoms. The van der Waals surface area contributed by atoms with Crippen LogP contribution in [-0.4, -0.2) is 30.4 Å². The Morgan fingerprint density at radius 3 is 2.19 bits per heavy atom. The lowest BCUT2D eigenvalue weighted by atomic mass is 9.93. The molecular weight excluding hydrogens is 458 g/mol. The summed E-state index contributed by atoms with van der Waals surface area (Å²) in [6, 6.07) is 20.8. The van der Waals surface area contributed by atoms with Gasteiger partial charge in [-0.3, -0.25) is 9.89 Å². The molecule has 36 heavy (non-hydrogen) atoms. The number of piperidine rings is 1. The number of anilines is 2. The van der Waals surface area contributed by atoms with Gasteiger partial charge in [0.2, 0.25) is 0 Å². The molecule has 0 atom stereocenters. The Hall–Kier alpha value is -3.96. The number of nitrogens with zero attached hydrogens (tertiary/aromatic N) is 3. The molecule has 1 aliphatic rings. The van der Waals surface area contributed by atoms with Gasteiger partial charge in [0.1, 0.15) is 23.5 Å². The Bertz CT molecular complexity index is 1200. The molecule has 0 saturated carbocycles. The Balaban J connectivity index is 0.000000303. The predicted octanol–water partition coefficient (Wildman–Crippen LogP) is 4.70. The topological polar surface area (TPSA) is 117 Å². The van der Waals surface area contributed by atoms with E-state index in [9.17, 15) is 8.78 Å². The fraction of sp³-hybridized carbons (Fsp3) is 0.286. The van der Waals surface area contributed by atoms with Crippen molar-refractivity contribution in [3.05, 3.63) is 95.1 Å². The van der Waals surface area contributed by atoms with Gasteiger partial charge in [0, 0.05) is 24.5 Å². The first kappa shape index (κ1) is 26.6. The van der Waals surface area contributed by atoms with Crippen LogP contribution < -0.4 is 17.2 Å². The third kappa shape index (κ3) is 8.07. The van der Waals surface area contributed by atoms with Crippen molar-refractivity contribution >= 4 is 17.2 Å². The molecule has 0 bridgehead atoms. The van der Waals surface area contributed by atoms with Crippen molar-refractivity contribution in [1.82, 2.24) is 4.90 Å². The molecule has 3 aromatic rings. The van der Waals surface area contributed by atoms with Gasteiger partial charge in [-0.25, -0.2) is 8.78 Å². The Morgan fingerprint density at radius 2 is 1.58 bits per heavy atom. The van der Waals surface area contributed by atoms with Gasteiger partial charge >= 0.3 is 0 Å². The fourth-order valence-electron chi connectivity index (χ4n) is 4.09. The quantitative estimate of drug-likeness (QED) is 0.263. The summed E-state index contributed by atoms with van der Waals surface area (Å²) in [7, 11) is 0. The van der Waals surface area contributed by atoms with Crippen LogP contribution in [0.4, 0.5) is 20.2 Å². The monoisotopic (exact) mass is 490 g/mol. The van der Waals surface area contributed by atoms with E-state index in [0.29, 0.717) is 29.4 Å². The summed E-state index contributed by atoms with van der Waals surface area (Å²) in [6.45, 7) is 3.89. The normalized spacial score (nSPS) is 14.5. The minimum absolute atomic E-state index is 0.0224. The van der Waals surface area contributed by atoms with E-state index in [-0.39, 0.29) is 11.4 Å². The molecule has 188 valence electrons. The second-order valence-electron chi connectivity index (χ2n) is 8.85. The van der Waals surface area contributed by atoms with Crippen molar-refractivity contribution in [2.24, 2.45) is 16.6 Å². The highest BCUT2D eigenvalue weighted by Crippen LogP contribution is 2.22. The predicted molar refractivity (Wildman–Crippen MR) is 141 cm³/mol. The van der Waals surface area contributed by atoms with Crippen LogP contribution in [0, 0.1) is 28.9 Å². The van der Waals surface area contributed by atoms with E-state index in [0.717, 1.165) is 32.1 Å². The molecule has 0 amide bonds. The molecule has 0 aliphatic carbocycles. The zero-order valence-electron chi connectivity index (χ0n) is 20.2. The minimum atomic E-state index is -0.567. The molecule has 1 fully saturated rings. The Kier molecular flexibility index (Phi) is 9.78. The number of nitrogens with two attached hydrogens (primary N) is 3. The number of aliphatic imine (C=N–C) groups is 1. The highest BCUT2D eigenvalue weighted by molar-refractivity contribution is 5.98. The molecule has 6 N–H and O–H groups in total. The smallest absolute Gasteiger partial charge is 0.142 e. The first-order valence-electron chi connectivity index (χ1n) is 11.9. The standard InChI is InChI=1S/C21H27FN4.C7H5FN2/c22-20-14-18(23)6-7-19(20)21(24)25-11-8-16-9-12-26(13-10-16)15-17-4-2-1-3-5-17;8-7-3-6(10)2-1-5(7)4-9/h1-7,14,16H,8-13,15,23H2,(H2,24,25);1-3H,10H2. The lowest BCUT2D eigenvalue weighted by Crippen LogP contribution is -2.33. The van der Waals surface area contributed by atoms with Gasteiger partial charge in [0.15, 0.2) is 0 Å². The maximum absolute atomic E-state index is 13.9. The SMILES string of the molecule is N#Cc1ccc(N)cc1F.NC(=NCCC1CCN(Cc2ccccc2)CC1)c1ccc(N)cc1F. The molecule has 0 spiro atoms. The van der Waals surface area contributed by atoms with Crippen molar-refractivity contribution < 1.29 is 8.78 Å². The molecule has 4 rings (SSSR count). The van der Waals surface area contributed by atoms with Crippen LogP contribution in [-0.2, 0) is 6.54 Å². The highest BCUT2D eigenvalue weighted by atomic mass is 19.1. The summed E-state index contributed by atoms with van der Waals surface area (Å²) >= 11 is 0. The van der Waals surface area contributed by atoms with E-state index >= 15 is 0 Å². The zero-order chi connectivity index (χ0) is 25.9. The van der Waals surface area contributed by atoms with E-state index in [4.69, 9.17) is 22.5 Å². The van der Waals surface area contributed by atoms with Crippen LogP contribution in [0.15, 0.2) is 71.7 Å². The first-order valence-corrected chi connectivity index (χ1v) is 11.9. The summed E-state index contributed by atoms with van der Waals surface area (Å²) in [5, 5.41) is 8.28. The second-order valence-corrected chi connectivity index (χ2v) is 8.85. The lowest BCUT2D eigenvalue weighted by Gasteiger charge is -2.31. The third-order valence-electron chi connectivity index (χ3n) is 6.16. The minimum Gasteiger partial charge on any atom is -0.399 e. The van der Waals surface area contributed by atoms with Crippen molar-refractivity contribution in [2.45, 2.75) is 25.8 Å². The number of nitrogen functional groups attached to an aromatic ring is 2. The number of benzene rings is 3. The number of amidine groups is 1. The Labute approximate surface area is 211 Å². The lowest BCUT2D eigenvalue weighted by molar-refractivity contribution is 0.173. The summed E-state index contributed by atoms with van der Waals surface area (Å²) in [5.74, 6) is -0.0678. The molecule has 1 aliphatic heterocycles. The summed E-state index contributed by atoms with van der Waals surface area (Å²) in [5.41, 5.74) is 19.2. The average molecular weight is 491 g/mol. The van der Waals surface area contributed by atoms with E-state index in [2.05, 4.69) is 40.2 Å². The summed E-state index contributed by atoms with van der Waals surface area (Å²) in [6.07, 6.45) is 3.35. The van der Waals surface area contributed by atoms with Gasteiger partial charge < -0.3 is 17.2 Å². The van der Waals surface area contributed by atoms with Crippen LogP contribution in [0.25, 0.3) is 0 Å². The number of rotatable bonds is 6. The average Bonchev–Trinajstić information content (AvgIpc) is 2.86. The van der Waals surface area contributed by atoms with Crippen molar-refractivity contribution in [3.63, 3.8) is 0 Å². The van der Waals surface area contributed by atoms with Crippen LogP contribution in [0.3, 0.4) is 0 Å². The van der Waals surface area contributed by atoms with E-state index in [1.807, 2.05) is 0 Å². The van der Waals surface area contributed by atoms with Gasteiger partial charge in [-0.2, -0.15) is 5.26 Å². The van der Waals surface area contributed by atoms with Gasteiger partial charge in [-0.1, -0.05) is 30.3 Å². The number of hydrogen-bond donors (Lipinski definition) is 3. The van der Waals surface area contributed by atoms with E-state index in [1.165, 1.54) is 36.6 Å². The Morgan fingerprint density at radius 1 is 0.944 bits per heavy atom. The first-order chi connectivity index (χ1) is 17.4. The number of hydrogen-bond acceptors (Lipinski definition) is 5. The number of nitriles is 1. The maximum Gasteiger partial charge on any atom is 0.142 e. The maximum atomic E-state index is 13.9. The van der Waals surface area contributed by atoms with Gasteiger partial charge in [-0.15, -0.1) is 0 Å². The van der Waals surface area contributed by atoms with Crippen LogP contribution in [0.5, 0.6) is 0 Å². The fourth-order valence-corrected chi connectivity index (χ4v) is 4.09. The van der Waals surface area contributed by atoms with Crippen molar-refractivity contribution in [2.75, 3.05) is 31.1 Å². The van der Waals surface area contributed by atoms with E-state index < -0.39 is 11.6 Å². The van der Waals surface area contributed by atoms with Gasteiger partial charge in [-0.05, 0) is 80.2 Å². The second kappa shape index (κ2) is 13.2. The molecule has 0 radical (unpaired) electrons. The largest absolute Gasteiger partial charge is 0.399 e. The van der Waals surface area contributed by atoms with Crippen LogP contribution in [0.2, 0.25) is 0 Å². The molecule has 3 aromatic carbocycles.